The third-order valence-electron chi connectivity index (χ3n) is 2.80. The van der Waals surface area contributed by atoms with Gasteiger partial charge in [-0.3, -0.25) is 4.98 Å². The van der Waals surface area contributed by atoms with E-state index in [1.54, 1.807) is 36.7 Å². The SMILES string of the molecule is CCCOc1cncc(C(O)c2cccc(Cl)c2Cl)c1. The van der Waals surface area contributed by atoms with Gasteiger partial charge in [0.2, 0.25) is 0 Å². The van der Waals surface area contributed by atoms with E-state index in [2.05, 4.69) is 4.98 Å². The number of pyridine rings is 1. The molecule has 1 unspecified atom stereocenters. The maximum atomic E-state index is 10.4. The molecule has 1 N–H and O–H groups in total. The van der Waals surface area contributed by atoms with Crippen molar-refractivity contribution in [2.75, 3.05) is 6.61 Å². The van der Waals surface area contributed by atoms with E-state index in [1.807, 2.05) is 6.92 Å². The molecule has 1 aromatic heterocycles. The van der Waals surface area contributed by atoms with Gasteiger partial charge in [-0.05, 0) is 18.6 Å². The number of hydrogen-bond donors (Lipinski definition) is 1. The quantitative estimate of drug-likeness (QED) is 0.897. The minimum absolute atomic E-state index is 0.349. The average Bonchev–Trinajstić information content (AvgIpc) is 2.47. The maximum Gasteiger partial charge on any atom is 0.137 e. The highest BCUT2D eigenvalue weighted by atomic mass is 35.5. The van der Waals surface area contributed by atoms with Crippen LogP contribution in [0.15, 0.2) is 36.7 Å². The van der Waals surface area contributed by atoms with Gasteiger partial charge in [0.05, 0.1) is 22.8 Å². The zero-order valence-corrected chi connectivity index (χ0v) is 12.5. The van der Waals surface area contributed by atoms with Crippen molar-refractivity contribution in [2.24, 2.45) is 0 Å². The van der Waals surface area contributed by atoms with Crippen LogP contribution in [0.2, 0.25) is 10.0 Å². The predicted molar refractivity (Wildman–Crippen MR) is 80.5 cm³/mol. The number of benzene rings is 1. The van der Waals surface area contributed by atoms with E-state index in [1.165, 1.54) is 0 Å². The largest absolute Gasteiger partial charge is 0.492 e. The summed E-state index contributed by atoms with van der Waals surface area (Å²) in [7, 11) is 0. The lowest BCUT2D eigenvalue weighted by Crippen LogP contribution is -2.03. The van der Waals surface area contributed by atoms with E-state index in [-0.39, 0.29) is 0 Å². The van der Waals surface area contributed by atoms with Crippen molar-refractivity contribution < 1.29 is 9.84 Å². The molecule has 0 aliphatic carbocycles. The van der Waals surface area contributed by atoms with Gasteiger partial charge in [-0.25, -0.2) is 0 Å². The first-order valence-electron chi connectivity index (χ1n) is 6.33. The third-order valence-corrected chi connectivity index (χ3v) is 3.63. The second-order valence-corrected chi connectivity index (χ2v) is 5.13. The standard InChI is InChI=1S/C15H15Cl2NO2/c1-2-6-20-11-7-10(8-18-9-11)15(19)12-4-3-5-13(16)14(12)17/h3-5,7-9,15,19H,2,6H2,1H3. The van der Waals surface area contributed by atoms with Crippen LogP contribution in [0.3, 0.4) is 0 Å². The van der Waals surface area contributed by atoms with E-state index < -0.39 is 6.10 Å². The Morgan fingerprint density at radius 2 is 2.10 bits per heavy atom. The lowest BCUT2D eigenvalue weighted by molar-refractivity contribution is 0.219. The van der Waals surface area contributed by atoms with Crippen molar-refractivity contribution in [3.63, 3.8) is 0 Å². The van der Waals surface area contributed by atoms with E-state index in [0.717, 1.165) is 6.42 Å². The van der Waals surface area contributed by atoms with Gasteiger partial charge in [0.1, 0.15) is 11.9 Å². The summed E-state index contributed by atoms with van der Waals surface area (Å²) < 4.78 is 5.50. The second-order valence-electron chi connectivity index (χ2n) is 4.35. The van der Waals surface area contributed by atoms with Crippen LogP contribution in [-0.4, -0.2) is 16.7 Å². The Labute approximate surface area is 128 Å². The van der Waals surface area contributed by atoms with Crippen molar-refractivity contribution in [1.29, 1.82) is 0 Å². The third kappa shape index (κ3) is 3.42. The van der Waals surface area contributed by atoms with Crippen LogP contribution < -0.4 is 4.74 Å². The zero-order chi connectivity index (χ0) is 14.5. The number of aliphatic hydroxyl groups excluding tert-OH is 1. The molecule has 0 saturated carbocycles. The molecule has 1 atom stereocenters. The molecule has 0 spiro atoms. The molecular formula is C15H15Cl2NO2. The molecule has 0 aliphatic rings. The molecule has 5 heteroatoms. The first-order chi connectivity index (χ1) is 9.63. The monoisotopic (exact) mass is 311 g/mol. The fourth-order valence-corrected chi connectivity index (χ4v) is 2.21. The molecule has 1 heterocycles. The number of aromatic nitrogens is 1. The van der Waals surface area contributed by atoms with E-state index in [9.17, 15) is 5.11 Å². The van der Waals surface area contributed by atoms with Crippen molar-refractivity contribution in [2.45, 2.75) is 19.4 Å². The minimum Gasteiger partial charge on any atom is -0.492 e. The molecule has 2 rings (SSSR count). The van der Waals surface area contributed by atoms with Crippen molar-refractivity contribution in [3.8, 4) is 5.75 Å². The number of ether oxygens (including phenoxy) is 1. The fraction of sp³-hybridized carbons (Fsp3) is 0.267. The smallest absolute Gasteiger partial charge is 0.137 e. The molecule has 20 heavy (non-hydrogen) atoms. The van der Waals surface area contributed by atoms with Crippen LogP contribution in [-0.2, 0) is 0 Å². The van der Waals surface area contributed by atoms with Gasteiger partial charge in [-0.15, -0.1) is 0 Å². The normalized spacial score (nSPS) is 12.2. The number of rotatable bonds is 5. The number of aliphatic hydroxyl groups is 1. The topological polar surface area (TPSA) is 42.4 Å². The van der Waals surface area contributed by atoms with Crippen molar-refractivity contribution in [1.82, 2.24) is 4.98 Å². The summed E-state index contributed by atoms with van der Waals surface area (Å²) in [6.07, 6.45) is 3.22. The van der Waals surface area contributed by atoms with Gasteiger partial charge in [0, 0.05) is 17.3 Å². The van der Waals surface area contributed by atoms with E-state index in [4.69, 9.17) is 27.9 Å². The van der Waals surface area contributed by atoms with Gasteiger partial charge >= 0.3 is 0 Å². The molecule has 0 saturated heterocycles. The number of hydrogen-bond acceptors (Lipinski definition) is 3. The van der Waals surface area contributed by atoms with Crippen LogP contribution in [0.5, 0.6) is 5.75 Å². The molecule has 2 aromatic rings. The van der Waals surface area contributed by atoms with Crippen LogP contribution >= 0.6 is 23.2 Å². The molecule has 0 bridgehead atoms. The highest BCUT2D eigenvalue weighted by Gasteiger charge is 2.16. The number of nitrogens with zero attached hydrogens (tertiary/aromatic N) is 1. The van der Waals surface area contributed by atoms with Crippen LogP contribution in [0.25, 0.3) is 0 Å². The highest BCUT2D eigenvalue weighted by Crippen LogP contribution is 2.33. The number of halogens is 2. The first-order valence-corrected chi connectivity index (χ1v) is 7.08. The lowest BCUT2D eigenvalue weighted by atomic mass is 10.0. The van der Waals surface area contributed by atoms with E-state index in [0.29, 0.717) is 33.5 Å². The molecule has 0 fully saturated rings. The summed E-state index contributed by atoms with van der Waals surface area (Å²) >= 11 is 12.1. The van der Waals surface area contributed by atoms with Gasteiger partial charge < -0.3 is 9.84 Å². The Kier molecular flexibility index (Phi) is 5.24. The summed E-state index contributed by atoms with van der Waals surface area (Å²) in [5.74, 6) is 0.626. The summed E-state index contributed by atoms with van der Waals surface area (Å²) in [6.45, 7) is 2.64. The predicted octanol–water partition coefficient (Wildman–Crippen LogP) is 4.26. The van der Waals surface area contributed by atoms with Gasteiger partial charge in [-0.1, -0.05) is 42.3 Å². The van der Waals surface area contributed by atoms with Crippen LogP contribution in [0, 0.1) is 0 Å². The molecular weight excluding hydrogens is 297 g/mol. The Morgan fingerprint density at radius 3 is 2.85 bits per heavy atom. The molecule has 3 nitrogen and oxygen atoms in total. The van der Waals surface area contributed by atoms with Gasteiger partial charge in [0.25, 0.3) is 0 Å². The summed E-state index contributed by atoms with van der Waals surface area (Å²) in [6, 6.07) is 6.92. The fourth-order valence-electron chi connectivity index (χ4n) is 1.80. The molecule has 106 valence electrons. The Morgan fingerprint density at radius 1 is 1.30 bits per heavy atom. The molecule has 0 aliphatic heterocycles. The van der Waals surface area contributed by atoms with Crippen molar-refractivity contribution >= 4 is 23.2 Å². The Balaban J connectivity index is 2.28. The van der Waals surface area contributed by atoms with Crippen LogP contribution in [0.1, 0.15) is 30.6 Å². The van der Waals surface area contributed by atoms with Gasteiger partial charge in [0.15, 0.2) is 0 Å². The Hall–Kier alpha value is -1.29. The van der Waals surface area contributed by atoms with E-state index >= 15 is 0 Å². The highest BCUT2D eigenvalue weighted by molar-refractivity contribution is 6.42. The minimum atomic E-state index is -0.890. The second kappa shape index (κ2) is 6.93. The summed E-state index contributed by atoms with van der Waals surface area (Å²) in [5, 5.41) is 11.2. The summed E-state index contributed by atoms with van der Waals surface area (Å²) in [4.78, 5) is 4.08. The first kappa shape index (κ1) is 15.1. The lowest BCUT2D eigenvalue weighted by Gasteiger charge is -2.14. The average molecular weight is 312 g/mol. The molecule has 1 aromatic carbocycles. The molecule has 0 radical (unpaired) electrons. The molecule has 0 amide bonds. The van der Waals surface area contributed by atoms with Crippen molar-refractivity contribution in [3.05, 3.63) is 57.8 Å². The maximum absolute atomic E-state index is 10.4. The zero-order valence-electron chi connectivity index (χ0n) is 11.0. The Bertz CT molecular complexity index is 590. The van der Waals surface area contributed by atoms with Crippen LogP contribution in [0.4, 0.5) is 0 Å². The van der Waals surface area contributed by atoms with Gasteiger partial charge in [-0.2, -0.15) is 0 Å². The summed E-state index contributed by atoms with van der Waals surface area (Å²) in [5.41, 5.74) is 1.16.